The maximum atomic E-state index is 4.36. The lowest BCUT2D eigenvalue weighted by Crippen LogP contribution is -2.08. The van der Waals surface area contributed by atoms with Crippen molar-refractivity contribution in [3.63, 3.8) is 0 Å². The van der Waals surface area contributed by atoms with Crippen LogP contribution in [0.25, 0.3) is 10.2 Å². The molecule has 2 heterocycles. The van der Waals surface area contributed by atoms with E-state index in [2.05, 4.69) is 41.4 Å². The van der Waals surface area contributed by atoms with Crippen molar-refractivity contribution < 1.29 is 0 Å². The average Bonchev–Trinajstić information content (AvgIpc) is 2.71. The molecule has 0 radical (unpaired) electrons. The molecule has 0 saturated heterocycles. The molecule has 1 aliphatic rings. The van der Waals surface area contributed by atoms with Crippen molar-refractivity contribution in [3.8, 4) is 0 Å². The van der Waals surface area contributed by atoms with Gasteiger partial charge in [0.2, 0.25) is 0 Å². The smallest absolute Gasteiger partial charge is 0.147 e. The lowest BCUT2D eigenvalue weighted by molar-refractivity contribution is 0.573. The fourth-order valence-electron chi connectivity index (χ4n) is 2.24. The molecule has 4 heteroatoms. The Hall–Kier alpha value is -1.16. The van der Waals surface area contributed by atoms with E-state index >= 15 is 0 Å². The van der Waals surface area contributed by atoms with Gasteiger partial charge in [0, 0.05) is 6.54 Å². The number of rotatable bonds is 3. The summed E-state index contributed by atoms with van der Waals surface area (Å²) in [5.74, 6) is 1.78. The van der Waals surface area contributed by atoms with Crippen molar-refractivity contribution in [2.75, 3.05) is 11.9 Å². The van der Waals surface area contributed by atoms with Gasteiger partial charge in [0.05, 0.1) is 10.2 Å². The summed E-state index contributed by atoms with van der Waals surface area (Å²) in [5.41, 5.74) is 2.84. The molecule has 2 aromatic rings. The first-order chi connectivity index (χ1) is 8.08. The van der Waals surface area contributed by atoms with Crippen molar-refractivity contribution in [2.45, 2.75) is 27.2 Å². The van der Waals surface area contributed by atoms with Crippen LogP contribution in [0.4, 0.5) is 5.82 Å². The molecule has 1 N–H and O–H groups in total. The monoisotopic (exact) mass is 247 g/mol. The highest BCUT2D eigenvalue weighted by Gasteiger charge is 2.45. The van der Waals surface area contributed by atoms with E-state index in [1.807, 2.05) is 0 Å². The van der Waals surface area contributed by atoms with Gasteiger partial charge in [-0.3, -0.25) is 0 Å². The standard InChI is InChI=1S/C13H17N3S/c1-8-6-17-11-10(8)15-7-16-12(11)14-5-9-4-13(9,2)3/h6-7,9H,4-5H2,1-3H3,(H,14,15,16). The SMILES string of the molecule is Cc1csc2c(NCC3CC3(C)C)ncnc12. The van der Waals surface area contributed by atoms with Crippen LogP contribution in [0, 0.1) is 18.3 Å². The molecule has 17 heavy (non-hydrogen) atoms. The van der Waals surface area contributed by atoms with Gasteiger partial charge in [-0.15, -0.1) is 11.3 Å². The van der Waals surface area contributed by atoms with Gasteiger partial charge in [-0.25, -0.2) is 9.97 Å². The molecule has 1 aliphatic carbocycles. The number of aryl methyl sites for hydroxylation is 1. The Labute approximate surface area is 105 Å². The van der Waals surface area contributed by atoms with E-state index in [-0.39, 0.29) is 0 Å². The summed E-state index contributed by atoms with van der Waals surface area (Å²) in [6, 6.07) is 0. The molecule has 0 aromatic carbocycles. The summed E-state index contributed by atoms with van der Waals surface area (Å²) < 4.78 is 1.18. The fourth-order valence-corrected chi connectivity index (χ4v) is 3.21. The quantitative estimate of drug-likeness (QED) is 0.902. The molecule has 0 aliphatic heterocycles. The number of nitrogens with zero attached hydrogens (tertiary/aromatic N) is 2. The molecular weight excluding hydrogens is 230 g/mol. The third kappa shape index (κ3) is 1.90. The summed E-state index contributed by atoms with van der Waals surface area (Å²) in [7, 11) is 0. The van der Waals surface area contributed by atoms with Crippen molar-refractivity contribution in [2.24, 2.45) is 11.3 Å². The van der Waals surface area contributed by atoms with Gasteiger partial charge in [0.25, 0.3) is 0 Å². The number of hydrogen-bond donors (Lipinski definition) is 1. The van der Waals surface area contributed by atoms with Crippen LogP contribution in [0.15, 0.2) is 11.7 Å². The van der Waals surface area contributed by atoms with Gasteiger partial charge >= 0.3 is 0 Å². The zero-order chi connectivity index (χ0) is 12.0. The van der Waals surface area contributed by atoms with Gasteiger partial charge in [0.1, 0.15) is 12.1 Å². The van der Waals surface area contributed by atoms with E-state index in [1.54, 1.807) is 17.7 Å². The molecule has 3 rings (SSSR count). The highest BCUT2D eigenvalue weighted by atomic mass is 32.1. The Morgan fingerprint density at radius 3 is 2.94 bits per heavy atom. The third-order valence-corrected chi connectivity index (χ3v) is 4.86. The highest BCUT2D eigenvalue weighted by molar-refractivity contribution is 7.18. The molecule has 0 spiro atoms. The van der Waals surface area contributed by atoms with Gasteiger partial charge in [-0.05, 0) is 35.6 Å². The summed E-state index contributed by atoms with van der Waals surface area (Å²) in [4.78, 5) is 8.69. The predicted molar refractivity (Wildman–Crippen MR) is 72.5 cm³/mol. The minimum Gasteiger partial charge on any atom is -0.368 e. The topological polar surface area (TPSA) is 37.8 Å². The van der Waals surface area contributed by atoms with Crippen LogP contribution in [-0.4, -0.2) is 16.5 Å². The number of hydrogen-bond acceptors (Lipinski definition) is 4. The molecule has 3 nitrogen and oxygen atoms in total. The van der Waals surface area contributed by atoms with E-state index in [9.17, 15) is 0 Å². The Bertz CT molecular complexity index is 559. The van der Waals surface area contributed by atoms with Crippen LogP contribution in [0.5, 0.6) is 0 Å². The van der Waals surface area contributed by atoms with Crippen LogP contribution < -0.4 is 5.32 Å². The van der Waals surface area contributed by atoms with E-state index in [0.717, 1.165) is 23.8 Å². The predicted octanol–water partition coefficient (Wildman–Crippen LogP) is 3.46. The van der Waals surface area contributed by atoms with E-state index in [1.165, 1.54) is 16.7 Å². The van der Waals surface area contributed by atoms with Gasteiger partial charge in [-0.1, -0.05) is 13.8 Å². The van der Waals surface area contributed by atoms with Crippen LogP contribution in [-0.2, 0) is 0 Å². The second kappa shape index (κ2) is 3.67. The van der Waals surface area contributed by atoms with Crippen molar-refractivity contribution in [3.05, 3.63) is 17.3 Å². The van der Waals surface area contributed by atoms with E-state index in [4.69, 9.17) is 0 Å². The minimum absolute atomic E-state index is 0.518. The summed E-state index contributed by atoms with van der Waals surface area (Å²) in [5, 5.41) is 5.62. The van der Waals surface area contributed by atoms with Crippen LogP contribution in [0.2, 0.25) is 0 Å². The molecule has 1 unspecified atom stereocenters. The first kappa shape index (κ1) is 11.0. The molecule has 1 fully saturated rings. The molecule has 2 aromatic heterocycles. The largest absolute Gasteiger partial charge is 0.368 e. The fraction of sp³-hybridized carbons (Fsp3) is 0.538. The van der Waals surface area contributed by atoms with Crippen molar-refractivity contribution in [1.29, 1.82) is 0 Å². The second-order valence-corrected chi connectivity index (χ2v) is 6.47. The number of anilines is 1. The van der Waals surface area contributed by atoms with Crippen molar-refractivity contribution in [1.82, 2.24) is 9.97 Å². The Kier molecular flexibility index (Phi) is 2.36. The number of thiophene rings is 1. The zero-order valence-electron chi connectivity index (χ0n) is 10.4. The van der Waals surface area contributed by atoms with Crippen molar-refractivity contribution >= 4 is 27.4 Å². The Morgan fingerprint density at radius 2 is 2.24 bits per heavy atom. The van der Waals surface area contributed by atoms with Gasteiger partial charge in [-0.2, -0.15) is 0 Å². The van der Waals surface area contributed by atoms with E-state index in [0.29, 0.717) is 5.41 Å². The molecule has 90 valence electrons. The lowest BCUT2D eigenvalue weighted by Gasteiger charge is -2.07. The maximum absolute atomic E-state index is 4.36. The number of nitrogens with one attached hydrogen (secondary N) is 1. The van der Waals surface area contributed by atoms with Crippen LogP contribution >= 0.6 is 11.3 Å². The maximum Gasteiger partial charge on any atom is 0.147 e. The molecule has 1 atom stereocenters. The zero-order valence-corrected chi connectivity index (χ0v) is 11.3. The van der Waals surface area contributed by atoms with Crippen LogP contribution in [0.3, 0.4) is 0 Å². The normalized spacial score (nSPS) is 21.7. The molecule has 0 amide bonds. The third-order valence-electron chi connectivity index (χ3n) is 3.76. The minimum atomic E-state index is 0.518. The van der Waals surface area contributed by atoms with Crippen LogP contribution in [0.1, 0.15) is 25.8 Å². The number of aromatic nitrogens is 2. The first-order valence-electron chi connectivity index (χ1n) is 6.00. The summed E-state index contributed by atoms with van der Waals surface area (Å²) in [6.45, 7) is 7.77. The lowest BCUT2D eigenvalue weighted by atomic mass is 10.1. The van der Waals surface area contributed by atoms with Gasteiger partial charge in [0.15, 0.2) is 0 Å². The number of fused-ring (bicyclic) bond motifs is 1. The average molecular weight is 247 g/mol. The molecule has 0 bridgehead atoms. The Morgan fingerprint density at radius 1 is 1.47 bits per heavy atom. The summed E-state index contributed by atoms with van der Waals surface area (Å²) in [6.07, 6.45) is 2.97. The van der Waals surface area contributed by atoms with Gasteiger partial charge < -0.3 is 5.32 Å². The molecule has 1 saturated carbocycles. The molecular formula is C13H17N3S. The second-order valence-electron chi connectivity index (χ2n) is 5.59. The van der Waals surface area contributed by atoms with E-state index < -0.39 is 0 Å². The Balaban J connectivity index is 1.81. The first-order valence-corrected chi connectivity index (χ1v) is 6.88. The highest BCUT2D eigenvalue weighted by Crippen LogP contribution is 2.51. The summed E-state index contributed by atoms with van der Waals surface area (Å²) >= 11 is 1.73.